The molecule has 0 unspecified atom stereocenters. The molecule has 0 saturated heterocycles. The van der Waals surface area contributed by atoms with Gasteiger partial charge in [0.2, 0.25) is 0 Å². The molecule has 5 aromatic carbocycles. The molecule has 0 aromatic heterocycles. The van der Waals surface area contributed by atoms with Gasteiger partial charge in [-0.05, 0) is 85.5 Å². The summed E-state index contributed by atoms with van der Waals surface area (Å²) in [7, 11) is 3.83. The van der Waals surface area contributed by atoms with Crippen LogP contribution in [0.5, 0.6) is 0 Å². The molecule has 0 fully saturated rings. The Bertz CT molecular complexity index is 2620. The Morgan fingerprint density at radius 3 is 1.43 bits per heavy atom. The molecule has 0 N–H and O–H groups in total. The van der Waals surface area contributed by atoms with Crippen LogP contribution in [-0.2, 0) is 10.8 Å². The van der Waals surface area contributed by atoms with Crippen molar-refractivity contribution in [3.63, 3.8) is 0 Å². The molecule has 56 heavy (non-hydrogen) atoms. The van der Waals surface area contributed by atoms with E-state index in [1.165, 1.54) is 0 Å². The number of benzene rings is 5. The molecule has 0 atom stereocenters. The van der Waals surface area contributed by atoms with Gasteiger partial charge in [0, 0.05) is 47.6 Å². The molecular weight excluding hydrogens is 687 g/mol. The highest BCUT2D eigenvalue weighted by atomic mass is 16.1. The lowest BCUT2D eigenvalue weighted by molar-refractivity contribution is 0.104. The molecule has 0 spiro atoms. The van der Waals surface area contributed by atoms with Gasteiger partial charge in [-0.3, -0.25) is 4.79 Å². The van der Waals surface area contributed by atoms with Gasteiger partial charge in [-0.15, -0.1) is 0 Å². The van der Waals surface area contributed by atoms with Crippen molar-refractivity contribution in [2.45, 2.75) is 59.3 Å². The molecule has 1 aliphatic carbocycles. The summed E-state index contributed by atoms with van der Waals surface area (Å²) in [4.78, 5) is 16.7. The fourth-order valence-electron chi connectivity index (χ4n) is 7.63. The number of carbonyl (C=O) groups is 1. The molecule has 6 heteroatoms. The summed E-state index contributed by atoms with van der Waals surface area (Å²) in [5, 5.41) is 42.7. The van der Waals surface area contributed by atoms with Gasteiger partial charge in [0.25, 0.3) is 0 Å². The zero-order valence-corrected chi connectivity index (χ0v) is 33.4. The molecule has 0 amide bonds. The van der Waals surface area contributed by atoms with Crippen molar-refractivity contribution < 1.29 is 4.79 Å². The number of rotatable bonds is 6. The molecule has 6 rings (SSSR count). The van der Waals surface area contributed by atoms with Crippen LogP contribution >= 0.6 is 0 Å². The zero-order valence-electron chi connectivity index (χ0n) is 33.4. The number of hydrogen-bond donors (Lipinski definition) is 0. The van der Waals surface area contributed by atoms with E-state index in [2.05, 4.69) is 90.1 Å². The molecule has 5 aromatic rings. The zero-order chi connectivity index (χ0) is 40.7. The quantitative estimate of drug-likeness (QED) is 0.124. The van der Waals surface area contributed by atoms with Crippen LogP contribution in [0, 0.1) is 52.2 Å². The third-order valence-electron chi connectivity index (χ3n) is 10.6. The van der Waals surface area contributed by atoms with Crippen LogP contribution in [0.2, 0.25) is 0 Å². The van der Waals surface area contributed by atoms with E-state index < -0.39 is 0 Å². The van der Waals surface area contributed by atoms with Crippen molar-refractivity contribution in [3.05, 3.63) is 147 Å². The predicted molar refractivity (Wildman–Crippen MR) is 225 cm³/mol. The van der Waals surface area contributed by atoms with E-state index in [-0.39, 0.29) is 38.9 Å². The molecule has 0 radical (unpaired) electrons. The van der Waals surface area contributed by atoms with Crippen molar-refractivity contribution in [1.82, 2.24) is 0 Å². The first-order chi connectivity index (χ1) is 26.6. The summed E-state index contributed by atoms with van der Waals surface area (Å²) in [6.07, 6.45) is 0. The minimum absolute atomic E-state index is 0.118. The van der Waals surface area contributed by atoms with Gasteiger partial charge < -0.3 is 4.90 Å². The fourth-order valence-corrected chi connectivity index (χ4v) is 7.63. The van der Waals surface area contributed by atoms with Crippen molar-refractivity contribution >= 4 is 22.6 Å². The number of nitrogens with zero attached hydrogens (tertiary/aromatic N) is 5. The summed E-state index contributed by atoms with van der Waals surface area (Å²) in [6.45, 7) is 14.8. The lowest BCUT2D eigenvalue weighted by Gasteiger charge is -2.27. The molecule has 0 bridgehead atoms. The Hall–Kier alpha value is -6.99. The number of anilines is 1. The van der Waals surface area contributed by atoms with Crippen LogP contribution in [0.25, 0.3) is 44.5 Å². The van der Waals surface area contributed by atoms with Crippen LogP contribution < -0.4 is 4.90 Å². The molecular formula is C50H43N5O. The lowest BCUT2D eigenvalue weighted by Crippen LogP contribution is -2.11. The van der Waals surface area contributed by atoms with Crippen molar-refractivity contribution in [1.29, 1.82) is 21.0 Å². The lowest BCUT2D eigenvalue weighted by atomic mass is 9.75. The highest BCUT2D eigenvalue weighted by Crippen LogP contribution is 2.54. The average molecular weight is 730 g/mol. The Balaban J connectivity index is 1.89. The number of hydrogen-bond acceptors (Lipinski definition) is 6. The topological polar surface area (TPSA) is 115 Å². The summed E-state index contributed by atoms with van der Waals surface area (Å²) >= 11 is 0. The summed E-state index contributed by atoms with van der Waals surface area (Å²) < 4.78 is 0. The first kappa shape index (κ1) is 38.7. The molecule has 274 valence electrons. The van der Waals surface area contributed by atoms with E-state index in [0.717, 1.165) is 33.5 Å². The first-order valence-electron chi connectivity index (χ1n) is 18.5. The van der Waals surface area contributed by atoms with Gasteiger partial charge in [0.15, 0.2) is 5.78 Å². The predicted octanol–water partition coefficient (Wildman–Crippen LogP) is 11.5. The van der Waals surface area contributed by atoms with Crippen LogP contribution in [0.4, 0.5) is 5.69 Å². The fraction of sp³-hybridized carbons (Fsp3) is 0.220. The number of carbonyl (C=O) groups excluding carboxylic acids is 1. The normalized spacial score (nSPS) is 11.6. The number of allylic oxidation sites excluding steroid dienone is 4. The van der Waals surface area contributed by atoms with Gasteiger partial charge in [-0.2, -0.15) is 21.0 Å². The van der Waals surface area contributed by atoms with Gasteiger partial charge in [0.1, 0.15) is 35.4 Å². The number of ketones is 1. The smallest absolute Gasteiger partial charge is 0.194 e. The average Bonchev–Trinajstić information content (AvgIpc) is 3.46. The second-order valence-corrected chi connectivity index (χ2v) is 16.4. The van der Waals surface area contributed by atoms with Crippen molar-refractivity contribution in [2.24, 2.45) is 0 Å². The van der Waals surface area contributed by atoms with Gasteiger partial charge in [-0.25, -0.2) is 0 Å². The molecule has 1 aliphatic rings. The molecule has 6 nitrogen and oxygen atoms in total. The standard InChI is InChI=1S/C50H43N5O/c1-30-41(31-14-20-36(21-15-31)49(2,3)4)47-46(39-12-10-11-13-40(39)48(47)56)44(33-16-22-37(23-17-33)50(5,6)7)42(30)45(35(28-53)29-54)43(34(26-51)27-52)32-18-24-38(25-19-32)55(8)9/h10-25H,1-9H3. The second-order valence-electron chi connectivity index (χ2n) is 16.4. The van der Waals surface area contributed by atoms with Crippen LogP contribution in [0.3, 0.4) is 0 Å². The summed E-state index contributed by atoms with van der Waals surface area (Å²) in [6, 6.07) is 39.7. The third-order valence-corrected chi connectivity index (χ3v) is 10.6. The van der Waals surface area contributed by atoms with E-state index in [4.69, 9.17) is 0 Å². The van der Waals surface area contributed by atoms with E-state index >= 15 is 0 Å². The molecule has 0 aliphatic heterocycles. The monoisotopic (exact) mass is 729 g/mol. The summed E-state index contributed by atoms with van der Waals surface area (Å²) in [5.41, 5.74) is 9.64. The van der Waals surface area contributed by atoms with Crippen LogP contribution in [-0.4, -0.2) is 19.9 Å². The van der Waals surface area contributed by atoms with Crippen LogP contribution in [0.15, 0.2) is 108 Å². The van der Waals surface area contributed by atoms with E-state index in [1.807, 2.05) is 86.6 Å². The first-order valence-corrected chi connectivity index (χ1v) is 18.5. The Labute approximate surface area is 330 Å². The maximum atomic E-state index is 14.8. The van der Waals surface area contributed by atoms with Gasteiger partial charge in [-0.1, -0.05) is 126 Å². The SMILES string of the molecule is Cc1c(C(=C(C#N)C#N)C(=C(C#N)C#N)c2ccc(N(C)C)cc2)c(-c2ccc(C(C)(C)C)cc2)c2c(c1-c1ccc(C(C)(C)C)cc1)C(=O)c1ccccc1-2. The van der Waals surface area contributed by atoms with E-state index in [1.54, 1.807) is 12.1 Å². The maximum Gasteiger partial charge on any atom is 0.194 e. The number of fused-ring (bicyclic) bond motifs is 3. The maximum absolute atomic E-state index is 14.8. The van der Waals surface area contributed by atoms with Crippen molar-refractivity contribution in [3.8, 4) is 57.7 Å². The molecule has 0 saturated carbocycles. The third kappa shape index (κ3) is 6.69. The van der Waals surface area contributed by atoms with Crippen LogP contribution in [0.1, 0.15) is 85.3 Å². The van der Waals surface area contributed by atoms with Gasteiger partial charge in [0.05, 0.1) is 0 Å². The summed E-state index contributed by atoms with van der Waals surface area (Å²) in [5.74, 6) is -0.121. The largest absolute Gasteiger partial charge is 0.378 e. The second kappa shape index (κ2) is 14.7. The highest BCUT2D eigenvalue weighted by Gasteiger charge is 2.38. The van der Waals surface area contributed by atoms with Crippen molar-refractivity contribution in [2.75, 3.05) is 19.0 Å². The van der Waals surface area contributed by atoms with Gasteiger partial charge >= 0.3 is 0 Å². The highest BCUT2D eigenvalue weighted by molar-refractivity contribution is 6.29. The van der Waals surface area contributed by atoms with E-state index in [0.29, 0.717) is 44.5 Å². The number of nitriles is 4. The molecule has 0 heterocycles. The Morgan fingerprint density at radius 1 is 0.536 bits per heavy atom. The Kier molecular flexibility index (Phi) is 10.2. The minimum Gasteiger partial charge on any atom is -0.378 e. The Morgan fingerprint density at radius 2 is 0.982 bits per heavy atom. The minimum atomic E-state index is -0.262. The van der Waals surface area contributed by atoms with E-state index in [9.17, 15) is 25.8 Å².